The van der Waals surface area contributed by atoms with Gasteiger partial charge in [-0.15, -0.1) is 0 Å². The molecule has 0 amide bonds. The highest BCUT2D eigenvalue weighted by Crippen LogP contribution is 2.17. The highest BCUT2D eigenvalue weighted by molar-refractivity contribution is 5.73. The van der Waals surface area contributed by atoms with Crippen molar-refractivity contribution < 1.29 is 40.2 Å². The maximum absolute atomic E-state index is 10.2. The van der Waals surface area contributed by atoms with E-state index in [0.717, 1.165) is 0 Å². The van der Waals surface area contributed by atoms with Gasteiger partial charge in [-0.1, -0.05) is 30.3 Å². The molecule has 0 aliphatic carbocycles. The van der Waals surface area contributed by atoms with E-state index in [-0.39, 0.29) is 0 Å². The molecule has 9 heteroatoms. The van der Waals surface area contributed by atoms with Crippen LogP contribution < -0.4 is 5.73 Å². The smallest absolute Gasteiger partial charge is 0.337 e. The van der Waals surface area contributed by atoms with Gasteiger partial charge in [-0.25, -0.2) is 4.79 Å². The number of carboxylic acid groups (broad SMARTS) is 1. The van der Waals surface area contributed by atoms with Crippen LogP contribution in [-0.2, 0) is 9.53 Å². The monoisotopic (exact) mass is 331 g/mol. The Labute approximate surface area is 132 Å². The van der Waals surface area contributed by atoms with Crippen molar-refractivity contribution in [1.29, 1.82) is 0 Å². The van der Waals surface area contributed by atoms with Crippen molar-refractivity contribution in [1.82, 2.24) is 0 Å². The minimum atomic E-state index is -1.41. The number of aliphatic carboxylic acids is 1. The van der Waals surface area contributed by atoms with Crippen molar-refractivity contribution in [2.75, 3.05) is 6.61 Å². The molecule has 0 aromatic heterocycles. The summed E-state index contributed by atoms with van der Waals surface area (Å²) in [4.78, 5) is 10.2. The van der Waals surface area contributed by atoms with Gasteiger partial charge >= 0.3 is 5.97 Å². The van der Waals surface area contributed by atoms with Crippen molar-refractivity contribution in [2.24, 2.45) is 5.73 Å². The van der Waals surface area contributed by atoms with Crippen LogP contribution >= 0.6 is 0 Å². The lowest BCUT2D eigenvalue weighted by Crippen LogP contribution is -2.61. The van der Waals surface area contributed by atoms with Gasteiger partial charge in [-0.2, -0.15) is 0 Å². The Morgan fingerprint density at radius 2 is 1.74 bits per heavy atom. The quantitative estimate of drug-likeness (QED) is 0.317. The molecule has 0 spiro atoms. The predicted octanol–water partition coefficient (Wildman–Crippen LogP) is -2.45. The Morgan fingerprint density at radius 3 is 2.22 bits per heavy atom. The third kappa shape index (κ3) is 5.22. The number of benzene rings is 1. The van der Waals surface area contributed by atoms with Crippen LogP contribution in [0.2, 0.25) is 0 Å². The molecule has 1 aliphatic rings. The molecule has 23 heavy (non-hydrogen) atoms. The molecular formula is C14H21NO8. The lowest BCUT2D eigenvalue weighted by atomic mass is 9.98. The first-order valence-corrected chi connectivity index (χ1v) is 6.81. The molecule has 1 fully saturated rings. The lowest BCUT2D eigenvalue weighted by Gasteiger charge is -2.38. The zero-order chi connectivity index (χ0) is 17.6. The average Bonchev–Trinajstić information content (AvgIpc) is 2.56. The van der Waals surface area contributed by atoms with Crippen molar-refractivity contribution in [3.63, 3.8) is 0 Å². The van der Waals surface area contributed by atoms with Gasteiger partial charge in [0.2, 0.25) is 0 Å². The Morgan fingerprint density at radius 1 is 1.17 bits per heavy atom. The fraction of sp³-hybridized carbons (Fsp3) is 0.500. The van der Waals surface area contributed by atoms with Gasteiger partial charge in [0.05, 0.1) is 12.6 Å². The molecular weight excluding hydrogens is 310 g/mol. The molecule has 0 radical (unpaired) electrons. The van der Waals surface area contributed by atoms with Gasteiger partial charge in [-0.3, -0.25) is 0 Å². The van der Waals surface area contributed by atoms with Crippen LogP contribution in [0.25, 0.3) is 0 Å². The Bertz CT molecular complexity index is 480. The summed E-state index contributed by atoms with van der Waals surface area (Å²) >= 11 is 0. The Balaban J connectivity index is 0.000000231. The SMILES string of the molecule is N[C@@H]1[C@@H](O)[C@H](O)[C@@H](CO)O[C@H]1O.O=C(O)C(O)c1ccccc1. The second kappa shape index (κ2) is 8.89. The van der Waals surface area contributed by atoms with Gasteiger partial charge in [-0.05, 0) is 5.56 Å². The van der Waals surface area contributed by atoms with E-state index in [1.54, 1.807) is 30.3 Å². The summed E-state index contributed by atoms with van der Waals surface area (Å²) in [6.07, 6.45) is -6.26. The fourth-order valence-corrected chi connectivity index (χ4v) is 1.90. The molecule has 2 rings (SSSR count). The topological polar surface area (TPSA) is 174 Å². The molecule has 130 valence electrons. The van der Waals surface area contributed by atoms with Crippen molar-refractivity contribution in [3.8, 4) is 0 Å². The number of carbonyl (C=O) groups is 1. The van der Waals surface area contributed by atoms with Crippen LogP contribution in [-0.4, -0.2) is 73.9 Å². The zero-order valence-corrected chi connectivity index (χ0v) is 12.1. The van der Waals surface area contributed by atoms with Crippen molar-refractivity contribution >= 4 is 5.97 Å². The van der Waals surface area contributed by atoms with E-state index in [1.165, 1.54) is 0 Å². The van der Waals surface area contributed by atoms with Crippen molar-refractivity contribution in [2.45, 2.75) is 36.7 Å². The number of aliphatic hydroxyl groups is 5. The van der Waals surface area contributed by atoms with E-state index >= 15 is 0 Å². The van der Waals surface area contributed by atoms with E-state index in [0.29, 0.717) is 5.56 Å². The van der Waals surface area contributed by atoms with Crippen LogP contribution in [0.5, 0.6) is 0 Å². The zero-order valence-electron chi connectivity index (χ0n) is 12.1. The number of nitrogens with two attached hydrogens (primary N) is 1. The summed E-state index contributed by atoms with van der Waals surface area (Å²) in [5.74, 6) is -1.23. The molecule has 0 bridgehead atoms. The van der Waals surface area contributed by atoms with E-state index < -0.39 is 49.3 Å². The number of hydrogen-bond donors (Lipinski definition) is 7. The minimum Gasteiger partial charge on any atom is -0.479 e. The Hall–Kier alpha value is -1.59. The third-order valence-corrected chi connectivity index (χ3v) is 3.30. The molecule has 1 saturated heterocycles. The molecule has 1 aliphatic heterocycles. The number of rotatable bonds is 3. The molecule has 0 saturated carbocycles. The number of hydrogen-bond acceptors (Lipinski definition) is 8. The van der Waals surface area contributed by atoms with E-state index in [4.69, 9.17) is 30.9 Å². The van der Waals surface area contributed by atoms with Gasteiger partial charge in [0.1, 0.15) is 18.3 Å². The summed E-state index contributed by atoms with van der Waals surface area (Å²) < 4.78 is 4.70. The molecule has 1 heterocycles. The standard InChI is InChI=1S/C8H8O3.C6H13NO5/c9-7(8(10)11)6-4-2-1-3-5-6;7-3-5(10)4(9)2(1-8)12-6(3)11/h1-5,7,9H,(H,10,11);2-6,8-11H,1,7H2/t;2-,3-,4-,5-,6-/m.1/s1. The van der Waals surface area contributed by atoms with Gasteiger partial charge in [0, 0.05) is 0 Å². The first kappa shape index (κ1) is 19.5. The van der Waals surface area contributed by atoms with Crippen molar-refractivity contribution in [3.05, 3.63) is 35.9 Å². The molecule has 1 aromatic rings. The van der Waals surface area contributed by atoms with E-state index in [2.05, 4.69) is 0 Å². The third-order valence-electron chi connectivity index (χ3n) is 3.30. The Kier molecular flexibility index (Phi) is 7.52. The summed E-state index contributed by atoms with van der Waals surface area (Å²) in [5, 5.41) is 53.4. The summed E-state index contributed by atoms with van der Waals surface area (Å²) in [7, 11) is 0. The van der Waals surface area contributed by atoms with E-state index in [1.807, 2.05) is 0 Å². The predicted molar refractivity (Wildman–Crippen MR) is 77.0 cm³/mol. The number of aliphatic hydroxyl groups excluding tert-OH is 5. The highest BCUT2D eigenvalue weighted by atomic mass is 16.6. The van der Waals surface area contributed by atoms with Gasteiger partial charge in [0.15, 0.2) is 12.4 Å². The lowest BCUT2D eigenvalue weighted by molar-refractivity contribution is -0.248. The maximum Gasteiger partial charge on any atom is 0.337 e. The largest absolute Gasteiger partial charge is 0.479 e. The molecule has 6 atom stereocenters. The summed E-state index contributed by atoms with van der Waals surface area (Å²) in [6.45, 7) is -0.470. The van der Waals surface area contributed by atoms with Gasteiger partial charge in [0.25, 0.3) is 0 Å². The normalized spacial score (nSPS) is 31.7. The highest BCUT2D eigenvalue weighted by Gasteiger charge is 2.41. The number of carboxylic acids is 1. The average molecular weight is 331 g/mol. The summed E-state index contributed by atoms with van der Waals surface area (Å²) in [6, 6.07) is 7.22. The summed E-state index contributed by atoms with van der Waals surface area (Å²) in [5.41, 5.74) is 5.67. The minimum absolute atomic E-state index is 0.403. The van der Waals surface area contributed by atoms with Crippen LogP contribution in [0, 0.1) is 0 Å². The fourth-order valence-electron chi connectivity index (χ4n) is 1.90. The maximum atomic E-state index is 10.2. The molecule has 9 nitrogen and oxygen atoms in total. The van der Waals surface area contributed by atoms with Crippen LogP contribution in [0.4, 0.5) is 0 Å². The molecule has 8 N–H and O–H groups in total. The molecule has 1 unspecified atom stereocenters. The van der Waals surface area contributed by atoms with Gasteiger partial charge < -0.3 is 41.1 Å². The second-order valence-electron chi connectivity index (χ2n) is 4.96. The first-order valence-electron chi connectivity index (χ1n) is 6.81. The van der Waals surface area contributed by atoms with Crippen LogP contribution in [0.15, 0.2) is 30.3 Å². The first-order chi connectivity index (χ1) is 10.8. The molecule has 1 aromatic carbocycles. The van der Waals surface area contributed by atoms with E-state index in [9.17, 15) is 15.0 Å². The van der Waals surface area contributed by atoms with Crippen LogP contribution in [0.1, 0.15) is 11.7 Å². The number of ether oxygens (including phenoxy) is 1. The second-order valence-corrected chi connectivity index (χ2v) is 4.96. The van der Waals surface area contributed by atoms with Crippen LogP contribution in [0.3, 0.4) is 0 Å².